The Morgan fingerprint density at radius 2 is 1.67 bits per heavy atom. The van der Waals surface area contributed by atoms with Gasteiger partial charge in [0.2, 0.25) is 5.91 Å². The third kappa shape index (κ3) is 5.82. The van der Waals surface area contributed by atoms with Crippen LogP contribution in [0.5, 0.6) is 0 Å². The Hall–Kier alpha value is -1.55. The summed E-state index contributed by atoms with van der Waals surface area (Å²) in [5.41, 5.74) is 8.04. The van der Waals surface area contributed by atoms with E-state index in [0.29, 0.717) is 11.4 Å². The topological polar surface area (TPSA) is 55.1 Å². The van der Waals surface area contributed by atoms with Crippen LogP contribution < -0.4 is 11.1 Å². The number of amides is 1. The molecule has 2 rings (SSSR count). The number of benzene rings is 2. The Morgan fingerprint density at radius 3 is 2.21 bits per heavy atom. The van der Waals surface area contributed by atoms with Crippen molar-refractivity contribution < 1.29 is 4.79 Å². The van der Waals surface area contributed by atoms with Crippen LogP contribution in [-0.4, -0.2) is 11.9 Å². The third-order valence-corrected chi connectivity index (χ3v) is 4.33. The van der Waals surface area contributed by atoms with Gasteiger partial charge in [0.05, 0.1) is 6.04 Å². The normalized spacial score (nSPS) is 14.2. The van der Waals surface area contributed by atoms with Gasteiger partial charge in [-0.15, -0.1) is 12.4 Å². The van der Waals surface area contributed by atoms with E-state index >= 15 is 0 Å². The molecule has 0 spiro atoms. The van der Waals surface area contributed by atoms with E-state index in [2.05, 4.69) is 5.32 Å². The smallest absolute Gasteiger partial charge is 0.224 e. The molecule has 0 bridgehead atoms. The van der Waals surface area contributed by atoms with Crippen LogP contribution in [0, 0.1) is 5.92 Å². The summed E-state index contributed by atoms with van der Waals surface area (Å²) >= 11 is 5.94. The fourth-order valence-electron chi connectivity index (χ4n) is 2.34. The summed E-state index contributed by atoms with van der Waals surface area (Å²) in [7, 11) is 0. The molecule has 2 aromatic rings. The minimum Gasteiger partial charge on any atom is -0.349 e. The maximum absolute atomic E-state index is 12.4. The van der Waals surface area contributed by atoms with E-state index in [4.69, 9.17) is 17.3 Å². The predicted molar refractivity (Wildman–Crippen MR) is 103 cm³/mol. The van der Waals surface area contributed by atoms with Crippen molar-refractivity contribution in [3.8, 4) is 0 Å². The van der Waals surface area contributed by atoms with Gasteiger partial charge in [-0.05, 0) is 36.6 Å². The molecule has 0 aliphatic rings. The standard InChI is InChI=1S/C19H23ClN2O.ClH/c1-13(14(2)21)19(23)22-18(16-6-4-3-5-7-16)12-15-8-10-17(20)11-9-15;/h3-11,13-14,18H,12,21H2,1-2H3,(H,22,23);1H. The minimum absolute atomic E-state index is 0. The van der Waals surface area contributed by atoms with Crippen LogP contribution in [0.25, 0.3) is 0 Å². The molecule has 0 aliphatic carbocycles. The molecule has 0 saturated carbocycles. The lowest BCUT2D eigenvalue weighted by Gasteiger charge is -2.23. The van der Waals surface area contributed by atoms with Crippen molar-refractivity contribution in [2.24, 2.45) is 11.7 Å². The molecule has 5 heteroatoms. The molecule has 0 fully saturated rings. The van der Waals surface area contributed by atoms with Crippen molar-refractivity contribution >= 4 is 29.9 Å². The quantitative estimate of drug-likeness (QED) is 0.806. The molecule has 3 nitrogen and oxygen atoms in total. The summed E-state index contributed by atoms with van der Waals surface area (Å²) in [6.45, 7) is 3.70. The average molecular weight is 367 g/mol. The van der Waals surface area contributed by atoms with Gasteiger partial charge in [0.1, 0.15) is 0 Å². The van der Waals surface area contributed by atoms with Crippen LogP contribution in [0.15, 0.2) is 54.6 Å². The Morgan fingerprint density at radius 1 is 1.08 bits per heavy atom. The van der Waals surface area contributed by atoms with Crippen molar-refractivity contribution in [2.45, 2.75) is 32.4 Å². The molecule has 0 aliphatic heterocycles. The van der Waals surface area contributed by atoms with Crippen LogP contribution in [0.2, 0.25) is 5.02 Å². The van der Waals surface area contributed by atoms with Gasteiger partial charge in [-0.1, -0.05) is 61.0 Å². The lowest BCUT2D eigenvalue weighted by molar-refractivity contribution is -0.125. The Balaban J connectivity index is 0.00000288. The number of hydrogen-bond donors (Lipinski definition) is 2. The second kappa shape index (κ2) is 9.67. The average Bonchev–Trinajstić information content (AvgIpc) is 2.56. The number of hydrogen-bond acceptors (Lipinski definition) is 2. The van der Waals surface area contributed by atoms with E-state index in [9.17, 15) is 4.79 Å². The maximum Gasteiger partial charge on any atom is 0.224 e. The zero-order valence-corrected chi connectivity index (χ0v) is 15.5. The van der Waals surface area contributed by atoms with Crippen LogP contribution in [0.3, 0.4) is 0 Å². The van der Waals surface area contributed by atoms with E-state index in [1.54, 1.807) is 0 Å². The molecule has 2 aromatic carbocycles. The Bertz CT molecular complexity index is 630. The summed E-state index contributed by atoms with van der Waals surface area (Å²) in [5, 5.41) is 3.83. The number of carbonyl (C=O) groups excluding carboxylic acids is 1. The highest BCUT2D eigenvalue weighted by molar-refractivity contribution is 6.30. The highest BCUT2D eigenvalue weighted by Gasteiger charge is 2.21. The van der Waals surface area contributed by atoms with E-state index in [-0.39, 0.29) is 36.3 Å². The van der Waals surface area contributed by atoms with Crippen LogP contribution >= 0.6 is 24.0 Å². The first kappa shape index (κ1) is 20.5. The van der Waals surface area contributed by atoms with E-state index in [1.807, 2.05) is 68.4 Å². The third-order valence-electron chi connectivity index (χ3n) is 4.07. The highest BCUT2D eigenvalue weighted by Crippen LogP contribution is 2.20. The number of halogens is 2. The first-order valence-electron chi connectivity index (χ1n) is 7.82. The number of nitrogens with two attached hydrogens (primary N) is 1. The molecule has 24 heavy (non-hydrogen) atoms. The fraction of sp³-hybridized carbons (Fsp3) is 0.316. The molecule has 0 aromatic heterocycles. The first-order valence-corrected chi connectivity index (χ1v) is 8.20. The molecule has 3 unspecified atom stereocenters. The first-order chi connectivity index (χ1) is 11.0. The van der Waals surface area contributed by atoms with Gasteiger partial charge in [0.25, 0.3) is 0 Å². The second-order valence-corrected chi connectivity index (χ2v) is 6.39. The number of nitrogens with one attached hydrogen (secondary N) is 1. The van der Waals surface area contributed by atoms with Gasteiger partial charge in [-0.25, -0.2) is 0 Å². The number of carbonyl (C=O) groups is 1. The summed E-state index contributed by atoms with van der Waals surface area (Å²) in [4.78, 5) is 12.4. The molecular formula is C19H24Cl2N2O. The summed E-state index contributed by atoms with van der Waals surface area (Å²) in [5.74, 6) is -0.255. The lowest BCUT2D eigenvalue weighted by Crippen LogP contribution is -2.40. The summed E-state index contributed by atoms with van der Waals surface area (Å²) in [6.07, 6.45) is 0.707. The van der Waals surface area contributed by atoms with E-state index in [0.717, 1.165) is 11.1 Å². The van der Waals surface area contributed by atoms with Gasteiger partial charge in [0, 0.05) is 17.0 Å². The maximum atomic E-state index is 12.4. The Kier molecular flexibility index (Phi) is 8.26. The molecule has 0 radical (unpaired) electrons. The van der Waals surface area contributed by atoms with Gasteiger partial charge in [0.15, 0.2) is 0 Å². The van der Waals surface area contributed by atoms with Crippen molar-refractivity contribution in [2.75, 3.05) is 0 Å². The van der Waals surface area contributed by atoms with Gasteiger partial charge in [-0.3, -0.25) is 4.79 Å². The minimum atomic E-state index is -0.230. The van der Waals surface area contributed by atoms with Crippen molar-refractivity contribution in [3.05, 3.63) is 70.7 Å². The van der Waals surface area contributed by atoms with Crippen molar-refractivity contribution in [3.63, 3.8) is 0 Å². The lowest BCUT2D eigenvalue weighted by atomic mass is 9.97. The fourth-order valence-corrected chi connectivity index (χ4v) is 2.46. The SMILES string of the molecule is CC(N)C(C)C(=O)NC(Cc1ccc(Cl)cc1)c1ccccc1.Cl. The summed E-state index contributed by atoms with van der Waals surface area (Å²) in [6, 6.07) is 17.4. The second-order valence-electron chi connectivity index (χ2n) is 5.95. The zero-order chi connectivity index (χ0) is 16.8. The monoisotopic (exact) mass is 366 g/mol. The van der Waals surface area contributed by atoms with Gasteiger partial charge >= 0.3 is 0 Å². The molecule has 0 saturated heterocycles. The molecule has 0 heterocycles. The zero-order valence-electron chi connectivity index (χ0n) is 13.9. The molecule has 3 atom stereocenters. The van der Waals surface area contributed by atoms with Gasteiger partial charge < -0.3 is 11.1 Å². The van der Waals surface area contributed by atoms with Crippen molar-refractivity contribution in [1.82, 2.24) is 5.32 Å². The highest BCUT2D eigenvalue weighted by atomic mass is 35.5. The number of rotatable bonds is 6. The van der Waals surface area contributed by atoms with Crippen LogP contribution in [-0.2, 0) is 11.2 Å². The summed E-state index contributed by atoms with van der Waals surface area (Å²) < 4.78 is 0. The van der Waals surface area contributed by atoms with Crippen LogP contribution in [0.1, 0.15) is 31.0 Å². The molecular weight excluding hydrogens is 343 g/mol. The Labute approximate surface area is 155 Å². The van der Waals surface area contributed by atoms with Crippen molar-refractivity contribution in [1.29, 1.82) is 0 Å². The predicted octanol–water partition coefficient (Wildman–Crippen LogP) is 4.15. The molecule has 3 N–H and O–H groups in total. The van der Waals surface area contributed by atoms with Crippen LogP contribution in [0.4, 0.5) is 0 Å². The van der Waals surface area contributed by atoms with E-state index < -0.39 is 0 Å². The van der Waals surface area contributed by atoms with E-state index in [1.165, 1.54) is 0 Å². The molecule has 130 valence electrons. The largest absolute Gasteiger partial charge is 0.349 e. The van der Waals surface area contributed by atoms with Gasteiger partial charge in [-0.2, -0.15) is 0 Å². The molecule has 1 amide bonds.